The molecular formula is C28H29ClN4O3. The Kier molecular flexibility index (Phi) is 6.96. The van der Waals surface area contributed by atoms with Gasteiger partial charge in [-0.25, -0.2) is 0 Å². The van der Waals surface area contributed by atoms with Crippen LogP contribution in [0.15, 0.2) is 48.5 Å². The Labute approximate surface area is 215 Å². The van der Waals surface area contributed by atoms with Crippen molar-refractivity contribution in [3.05, 3.63) is 76.1 Å². The minimum Gasteiger partial charge on any atom is -0.390 e. The Balaban J connectivity index is 1.42. The van der Waals surface area contributed by atoms with Crippen LogP contribution in [0.2, 0.25) is 5.02 Å². The molecule has 0 spiro atoms. The van der Waals surface area contributed by atoms with Gasteiger partial charge in [0.2, 0.25) is 0 Å². The highest BCUT2D eigenvalue weighted by Crippen LogP contribution is 2.41. The Morgan fingerprint density at radius 2 is 1.97 bits per heavy atom. The predicted octanol–water partition coefficient (Wildman–Crippen LogP) is 4.32. The second kappa shape index (κ2) is 10.3. The minimum absolute atomic E-state index is 0.164. The van der Waals surface area contributed by atoms with Gasteiger partial charge in [-0.3, -0.25) is 9.59 Å². The van der Waals surface area contributed by atoms with Gasteiger partial charge < -0.3 is 25.6 Å². The molecule has 1 aromatic heterocycles. The summed E-state index contributed by atoms with van der Waals surface area (Å²) in [4.78, 5) is 31.5. The predicted molar refractivity (Wildman–Crippen MR) is 143 cm³/mol. The summed E-state index contributed by atoms with van der Waals surface area (Å²) >= 11 is 6.23. The van der Waals surface area contributed by atoms with E-state index in [2.05, 4.69) is 20.5 Å². The van der Waals surface area contributed by atoms with E-state index in [0.29, 0.717) is 34.1 Å². The lowest BCUT2D eigenvalue weighted by molar-refractivity contribution is -0.110. The molecule has 36 heavy (non-hydrogen) atoms. The fourth-order valence-electron chi connectivity index (χ4n) is 4.97. The third kappa shape index (κ3) is 5.09. The van der Waals surface area contributed by atoms with Crippen LogP contribution < -0.4 is 10.6 Å². The number of anilines is 1. The number of aromatic amines is 1. The zero-order valence-corrected chi connectivity index (χ0v) is 20.9. The van der Waals surface area contributed by atoms with Gasteiger partial charge >= 0.3 is 0 Å². The average Bonchev–Trinajstić information content (AvgIpc) is 3.57. The monoisotopic (exact) mass is 504 g/mol. The number of aliphatic hydroxyl groups excluding tert-OH is 1. The summed E-state index contributed by atoms with van der Waals surface area (Å²) in [6, 6.07) is 15.0. The van der Waals surface area contributed by atoms with Crippen molar-refractivity contribution >= 4 is 40.8 Å². The molecule has 1 atom stereocenters. The second-order valence-electron chi connectivity index (χ2n) is 9.40. The highest BCUT2D eigenvalue weighted by atomic mass is 35.5. The van der Waals surface area contributed by atoms with Gasteiger partial charge in [-0.2, -0.15) is 0 Å². The molecule has 5 rings (SSSR count). The number of amides is 2. The van der Waals surface area contributed by atoms with E-state index in [0.717, 1.165) is 48.3 Å². The number of aliphatic hydroxyl groups is 1. The molecule has 0 aliphatic carbocycles. The number of benzene rings is 2. The van der Waals surface area contributed by atoms with Crippen LogP contribution in [0.4, 0.5) is 5.69 Å². The average molecular weight is 505 g/mol. The van der Waals surface area contributed by atoms with E-state index in [9.17, 15) is 14.7 Å². The number of fused-ring (bicyclic) bond motifs is 1. The van der Waals surface area contributed by atoms with Crippen molar-refractivity contribution in [1.82, 2.24) is 15.2 Å². The summed E-state index contributed by atoms with van der Waals surface area (Å²) in [5, 5.41) is 16.8. The molecule has 2 aliphatic heterocycles. The number of nitrogens with one attached hydrogen (secondary N) is 3. The van der Waals surface area contributed by atoms with Gasteiger partial charge in [-0.15, -0.1) is 0 Å². The molecule has 2 aromatic carbocycles. The SMILES string of the molecule is Cc1cc(C(=O)NCC(O)CN2CCCC2)c(/C=C2\C(=O)Nc3cccc(-c4cccc(Cl)c4)c32)[nH]1. The van der Waals surface area contributed by atoms with Gasteiger partial charge in [-0.1, -0.05) is 35.9 Å². The minimum atomic E-state index is -0.637. The van der Waals surface area contributed by atoms with Gasteiger partial charge in [0, 0.05) is 35.1 Å². The molecule has 3 aromatic rings. The summed E-state index contributed by atoms with van der Waals surface area (Å²) < 4.78 is 0. The van der Waals surface area contributed by atoms with E-state index in [-0.39, 0.29) is 18.4 Å². The van der Waals surface area contributed by atoms with Crippen LogP contribution in [0, 0.1) is 6.92 Å². The van der Waals surface area contributed by atoms with Crippen LogP contribution in [-0.2, 0) is 4.79 Å². The fourth-order valence-corrected chi connectivity index (χ4v) is 5.16. The standard InChI is InChI=1S/C28H29ClN4O3/c1-17-12-22(27(35)30-15-20(34)16-33-10-2-3-11-33)25(31-17)14-23-26-21(18-6-4-7-19(29)13-18)8-5-9-24(26)32-28(23)36/h4-9,12-14,20,31,34H,2-3,10-11,15-16H2,1H3,(H,30,35)(H,32,36)/b23-14-. The van der Waals surface area contributed by atoms with Gasteiger partial charge in [0.05, 0.1) is 22.9 Å². The number of halogens is 1. The number of β-amino-alcohol motifs (C(OH)–C–C–N with tert-alkyl or cyclic N) is 1. The van der Waals surface area contributed by atoms with Crippen molar-refractivity contribution in [2.75, 3.05) is 31.5 Å². The van der Waals surface area contributed by atoms with Gasteiger partial charge in [0.15, 0.2) is 0 Å². The van der Waals surface area contributed by atoms with Crippen LogP contribution in [-0.4, -0.2) is 59.1 Å². The first-order valence-electron chi connectivity index (χ1n) is 12.2. The largest absolute Gasteiger partial charge is 0.390 e. The molecule has 0 radical (unpaired) electrons. The summed E-state index contributed by atoms with van der Waals surface area (Å²) in [5.74, 6) is -0.535. The number of likely N-dealkylation sites (tertiary alicyclic amines) is 1. The molecule has 8 heteroatoms. The first kappa shape index (κ1) is 24.3. The summed E-state index contributed by atoms with van der Waals surface area (Å²) in [5.41, 5.74) is 5.48. The Hall–Kier alpha value is -3.39. The van der Waals surface area contributed by atoms with E-state index in [1.807, 2.05) is 49.4 Å². The van der Waals surface area contributed by atoms with Crippen molar-refractivity contribution in [2.24, 2.45) is 0 Å². The van der Waals surface area contributed by atoms with Gasteiger partial charge in [0.1, 0.15) is 0 Å². The number of nitrogens with zero attached hydrogens (tertiary/aromatic N) is 1. The summed E-state index contributed by atoms with van der Waals surface area (Å²) in [6.45, 7) is 4.55. The van der Waals surface area contributed by atoms with E-state index >= 15 is 0 Å². The lowest BCUT2D eigenvalue weighted by atomic mass is 9.94. The van der Waals surface area contributed by atoms with Crippen LogP contribution in [0.25, 0.3) is 22.8 Å². The smallest absolute Gasteiger partial charge is 0.256 e. The Morgan fingerprint density at radius 3 is 2.75 bits per heavy atom. The van der Waals surface area contributed by atoms with Crippen molar-refractivity contribution in [2.45, 2.75) is 25.9 Å². The van der Waals surface area contributed by atoms with Crippen LogP contribution in [0.3, 0.4) is 0 Å². The van der Waals surface area contributed by atoms with Crippen LogP contribution in [0.1, 0.15) is 40.2 Å². The van der Waals surface area contributed by atoms with Crippen molar-refractivity contribution in [3.8, 4) is 11.1 Å². The third-order valence-corrected chi connectivity index (χ3v) is 6.88. The molecule has 186 valence electrons. The van der Waals surface area contributed by atoms with Gasteiger partial charge in [-0.05, 0) is 74.3 Å². The van der Waals surface area contributed by atoms with E-state index in [1.54, 1.807) is 12.1 Å². The number of aryl methyl sites for hydroxylation is 1. The molecule has 0 bridgehead atoms. The van der Waals surface area contributed by atoms with E-state index < -0.39 is 6.10 Å². The van der Waals surface area contributed by atoms with Crippen LogP contribution in [0.5, 0.6) is 0 Å². The summed E-state index contributed by atoms with van der Waals surface area (Å²) in [6.07, 6.45) is 3.38. The second-order valence-corrected chi connectivity index (χ2v) is 9.84. The zero-order valence-electron chi connectivity index (χ0n) is 20.1. The molecule has 4 N–H and O–H groups in total. The third-order valence-electron chi connectivity index (χ3n) is 6.64. The normalized spacial score (nSPS) is 17.3. The molecule has 2 amide bonds. The van der Waals surface area contributed by atoms with Crippen LogP contribution >= 0.6 is 11.6 Å². The topological polar surface area (TPSA) is 97.5 Å². The molecule has 0 saturated carbocycles. The zero-order chi connectivity index (χ0) is 25.2. The van der Waals surface area contributed by atoms with Crippen molar-refractivity contribution < 1.29 is 14.7 Å². The number of hydrogen-bond donors (Lipinski definition) is 4. The number of aromatic nitrogens is 1. The number of hydrogen-bond acceptors (Lipinski definition) is 4. The maximum absolute atomic E-state index is 13.0. The fraction of sp³-hybridized carbons (Fsp3) is 0.286. The molecule has 3 heterocycles. The highest BCUT2D eigenvalue weighted by Gasteiger charge is 2.28. The first-order chi connectivity index (χ1) is 17.4. The first-order valence-corrected chi connectivity index (χ1v) is 12.6. The lowest BCUT2D eigenvalue weighted by Crippen LogP contribution is -2.39. The quantitative estimate of drug-likeness (QED) is 0.360. The Bertz CT molecular complexity index is 1340. The number of rotatable bonds is 7. The number of carbonyl (C=O) groups excluding carboxylic acids is 2. The molecule has 1 fully saturated rings. The highest BCUT2D eigenvalue weighted by molar-refractivity contribution is 6.36. The van der Waals surface area contributed by atoms with Crippen molar-refractivity contribution in [3.63, 3.8) is 0 Å². The molecule has 2 aliphatic rings. The summed E-state index contributed by atoms with van der Waals surface area (Å²) in [7, 11) is 0. The van der Waals surface area contributed by atoms with E-state index in [4.69, 9.17) is 11.6 Å². The van der Waals surface area contributed by atoms with Crippen molar-refractivity contribution in [1.29, 1.82) is 0 Å². The van der Waals surface area contributed by atoms with E-state index in [1.165, 1.54) is 0 Å². The molecule has 7 nitrogen and oxygen atoms in total. The Morgan fingerprint density at radius 1 is 1.19 bits per heavy atom. The number of H-pyrrole nitrogens is 1. The maximum Gasteiger partial charge on any atom is 0.256 e. The van der Waals surface area contributed by atoms with Gasteiger partial charge in [0.25, 0.3) is 11.8 Å². The lowest BCUT2D eigenvalue weighted by Gasteiger charge is -2.19. The maximum atomic E-state index is 13.0. The molecular weight excluding hydrogens is 476 g/mol. The number of carbonyl (C=O) groups is 2. The molecule has 1 unspecified atom stereocenters. The molecule has 1 saturated heterocycles.